The first-order chi connectivity index (χ1) is 7.61. The first-order valence-electron chi connectivity index (χ1n) is 5.87. The molecular formula is C12H23N3O. The molecule has 1 N–H and O–H groups in total. The lowest BCUT2D eigenvalue weighted by atomic mass is 10.0. The zero-order valence-corrected chi connectivity index (χ0v) is 10.9. The van der Waals surface area contributed by atoms with E-state index in [-0.39, 0.29) is 0 Å². The Morgan fingerprint density at radius 2 is 2.12 bits per heavy atom. The van der Waals surface area contributed by atoms with Crippen molar-refractivity contribution in [2.45, 2.75) is 39.2 Å². The number of hydrogen-bond donors (Lipinski definition) is 1. The molecule has 4 heteroatoms. The Kier molecular flexibility index (Phi) is 4.80. The van der Waals surface area contributed by atoms with Crippen molar-refractivity contribution >= 4 is 0 Å². The van der Waals surface area contributed by atoms with Crippen LogP contribution in [-0.4, -0.2) is 30.5 Å². The van der Waals surface area contributed by atoms with E-state index in [1.165, 1.54) is 5.69 Å². The van der Waals surface area contributed by atoms with Gasteiger partial charge in [-0.05, 0) is 33.9 Å². The number of rotatable bonds is 6. The molecule has 0 aliphatic rings. The minimum absolute atomic E-state index is 0.371. The van der Waals surface area contributed by atoms with E-state index < -0.39 is 0 Å². The monoisotopic (exact) mass is 225 g/mol. The van der Waals surface area contributed by atoms with Crippen LogP contribution in [0.25, 0.3) is 0 Å². The summed E-state index contributed by atoms with van der Waals surface area (Å²) in [7, 11) is 3.68. The van der Waals surface area contributed by atoms with Gasteiger partial charge in [0.1, 0.15) is 0 Å². The Bertz CT molecular complexity index is 320. The van der Waals surface area contributed by atoms with Gasteiger partial charge in [-0.25, -0.2) is 0 Å². The number of hydrogen-bond acceptors (Lipinski definition) is 3. The molecule has 16 heavy (non-hydrogen) atoms. The molecule has 0 radical (unpaired) electrons. The SMILES string of the molecule is CNCCC(C)c1c(OC)cnn1C(C)C. The summed E-state index contributed by atoms with van der Waals surface area (Å²) >= 11 is 0. The molecule has 0 spiro atoms. The topological polar surface area (TPSA) is 39.1 Å². The van der Waals surface area contributed by atoms with Crippen LogP contribution in [0.3, 0.4) is 0 Å². The van der Waals surface area contributed by atoms with Crippen LogP contribution in [0.4, 0.5) is 0 Å². The highest BCUT2D eigenvalue weighted by molar-refractivity contribution is 5.28. The van der Waals surface area contributed by atoms with Crippen LogP contribution in [-0.2, 0) is 0 Å². The molecule has 0 bridgehead atoms. The number of nitrogens with zero attached hydrogens (tertiary/aromatic N) is 2. The molecule has 0 aromatic carbocycles. The molecule has 0 fully saturated rings. The highest BCUT2D eigenvalue weighted by Gasteiger charge is 2.19. The normalized spacial score (nSPS) is 13.1. The Morgan fingerprint density at radius 3 is 2.62 bits per heavy atom. The number of methoxy groups -OCH3 is 1. The van der Waals surface area contributed by atoms with Crippen molar-refractivity contribution < 1.29 is 4.74 Å². The van der Waals surface area contributed by atoms with E-state index in [2.05, 4.69) is 35.9 Å². The second kappa shape index (κ2) is 5.89. The summed E-state index contributed by atoms with van der Waals surface area (Å²) in [4.78, 5) is 0. The molecule has 0 saturated heterocycles. The van der Waals surface area contributed by atoms with Crippen molar-refractivity contribution in [2.24, 2.45) is 0 Å². The molecular weight excluding hydrogens is 202 g/mol. The van der Waals surface area contributed by atoms with Gasteiger partial charge < -0.3 is 10.1 Å². The van der Waals surface area contributed by atoms with Gasteiger partial charge in [-0.3, -0.25) is 4.68 Å². The van der Waals surface area contributed by atoms with Crippen LogP contribution in [0.5, 0.6) is 5.75 Å². The Morgan fingerprint density at radius 1 is 1.44 bits per heavy atom. The number of ether oxygens (including phenoxy) is 1. The largest absolute Gasteiger partial charge is 0.493 e. The van der Waals surface area contributed by atoms with Gasteiger partial charge in [-0.15, -0.1) is 0 Å². The maximum Gasteiger partial charge on any atom is 0.160 e. The van der Waals surface area contributed by atoms with Gasteiger partial charge in [-0.1, -0.05) is 6.92 Å². The number of nitrogens with one attached hydrogen (secondary N) is 1. The summed E-state index contributed by atoms with van der Waals surface area (Å²) in [6.45, 7) is 7.50. The predicted molar refractivity (Wildman–Crippen MR) is 66.1 cm³/mol. The smallest absolute Gasteiger partial charge is 0.160 e. The standard InChI is InChI=1S/C12H23N3O/c1-9(2)15-12(10(3)6-7-13-4)11(16-5)8-14-15/h8-10,13H,6-7H2,1-5H3. The van der Waals surface area contributed by atoms with Crippen molar-refractivity contribution in [1.82, 2.24) is 15.1 Å². The van der Waals surface area contributed by atoms with Crippen LogP contribution < -0.4 is 10.1 Å². The fourth-order valence-electron chi connectivity index (χ4n) is 1.89. The van der Waals surface area contributed by atoms with Gasteiger partial charge in [0.15, 0.2) is 5.75 Å². The highest BCUT2D eigenvalue weighted by Crippen LogP contribution is 2.30. The molecule has 0 aliphatic carbocycles. The summed E-state index contributed by atoms with van der Waals surface area (Å²) in [6.07, 6.45) is 2.90. The lowest BCUT2D eigenvalue weighted by molar-refractivity contribution is 0.395. The zero-order chi connectivity index (χ0) is 12.1. The van der Waals surface area contributed by atoms with Crippen molar-refractivity contribution in [3.05, 3.63) is 11.9 Å². The van der Waals surface area contributed by atoms with Gasteiger partial charge in [0, 0.05) is 12.0 Å². The molecule has 1 aromatic heterocycles. The van der Waals surface area contributed by atoms with E-state index in [1.807, 2.05) is 13.2 Å². The fourth-order valence-corrected chi connectivity index (χ4v) is 1.89. The van der Waals surface area contributed by atoms with Crippen LogP contribution in [0.15, 0.2) is 6.20 Å². The summed E-state index contributed by atoms with van der Waals surface area (Å²) in [6, 6.07) is 0.371. The molecule has 92 valence electrons. The Balaban J connectivity index is 2.93. The van der Waals surface area contributed by atoms with Crippen molar-refractivity contribution in [3.63, 3.8) is 0 Å². The van der Waals surface area contributed by atoms with Gasteiger partial charge in [-0.2, -0.15) is 5.10 Å². The summed E-state index contributed by atoms with van der Waals surface area (Å²) < 4.78 is 7.43. The average molecular weight is 225 g/mol. The fraction of sp³-hybridized carbons (Fsp3) is 0.750. The Labute approximate surface area is 98.0 Å². The molecule has 4 nitrogen and oxygen atoms in total. The van der Waals surface area contributed by atoms with Crippen molar-refractivity contribution in [2.75, 3.05) is 20.7 Å². The third-order valence-electron chi connectivity index (χ3n) is 2.80. The molecule has 1 unspecified atom stereocenters. The molecule has 0 amide bonds. The van der Waals surface area contributed by atoms with Gasteiger partial charge in [0.2, 0.25) is 0 Å². The van der Waals surface area contributed by atoms with Crippen molar-refractivity contribution in [1.29, 1.82) is 0 Å². The first kappa shape index (κ1) is 13.0. The molecule has 1 rings (SSSR count). The third-order valence-corrected chi connectivity index (χ3v) is 2.80. The van der Waals surface area contributed by atoms with Crippen LogP contribution in [0, 0.1) is 0 Å². The lowest BCUT2D eigenvalue weighted by Gasteiger charge is -2.17. The zero-order valence-electron chi connectivity index (χ0n) is 10.9. The third kappa shape index (κ3) is 2.76. The van der Waals surface area contributed by atoms with Gasteiger partial charge in [0.05, 0.1) is 19.0 Å². The maximum absolute atomic E-state index is 5.37. The van der Waals surface area contributed by atoms with E-state index in [4.69, 9.17) is 4.74 Å². The molecule has 1 aromatic rings. The Hall–Kier alpha value is -1.03. The minimum Gasteiger partial charge on any atom is -0.493 e. The van der Waals surface area contributed by atoms with E-state index in [0.717, 1.165) is 18.7 Å². The average Bonchev–Trinajstić information content (AvgIpc) is 2.69. The van der Waals surface area contributed by atoms with Crippen LogP contribution in [0.2, 0.25) is 0 Å². The van der Waals surface area contributed by atoms with Crippen LogP contribution in [0.1, 0.15) is 44.8 Å². The highest BCUT2D eigenvalue weighted by atomic mass is 16.5. The van der Waals surface area contributed by atoms with E-state index in [9.17, 15) is 0 Å². The molecule has 0 aliphatic heterocycles. The summed E-state index contributed by atoms with van der Waals surface area (Å²) in [5.74, 6) is 1.35. The minimum atomic E-state index is 0.371. The van der Waals surface area contributed by atoms with Crippen molar-refractivity contribution in [3.8, 4) is 5.75 Å². The van der Waals surface area contributed by atoms with E-state index >= 15 is 0 Å². The molecule has 0 saturated carbocycles. The first-order valence-corrected chi connectivity index (χ1v) is 5.87. The maximum atomic E-state index is 5.37. The summed E-state index contributed by atoms with van der Waals surface area (Å²) in [5.41, 5.74) is 1.20. The van der Waals surface area contributed by atoms with Gasteiger partial charge in [0.25, 0.3) is 0 Å². The number of aromatic nitrogens is 2. The molecule has 1 heterocycles. The lowest BCUT2D eigenvalue weighted by Crippen LogP contribution is -2.15. The second-order valence-corrected chi connectivity index (χ2v) is 4.43. The second-order valence-electron chi connectivity index (χ2n) is 4.43. The molecule has 1 atom stereocenters. The van der Waals surface area contributed by atoms with E-state index in [0.29, 0.717) is 12.0 Å². The quantitative estimate of drug-likeness (QED) is 0.806. The van der Waals surface area contributed by atoms with Crippen LogP contribution >= 0.6 is 0 Å². The van der Waals surface area contributed by atoms with Gasteiger partial charge >= 0.3 is 0 Å². The summed E-state index contributed by atoms with van der Waals surface area (Å²) in [5, 5.41) is 7.56. The van der Waals surface area contributed by atoms with E-state index in [1.54, 1.807) is 7.11 Å². The predicted octanol–water partition coefficient (Wildman–Crippen LogP) is 2.19.